The van der Waals surface area contributed by atoms with Gasteiger partial charge in [0.2, 0.25) is 5.91 Å². The van der Waals surface area contributed by atoms with Gasteiger partial charge in [-0.1, -0.05) is 31.2 Å². The molecule has 3 rings (SSSR count). The van der Waals surface area contributed by atoms with Crippen molar-refractivity contribution in [3.05, 3.63) is 35.4 Å². The van der Waals surface area contributed by atoms with Crippen LogP contribution in [0.2, 0.25) is 0 Å². The number of carbonyl (C=O) groups excluding carboxylic acids is 1. The SMILES string of the molecule is CC1CCC(NC(=O)[C@@H]2CC[C@H](C(=O)O)C2)c2ccccc21. The number of carboxylic acid groups (broad SMARTS) is 1. The molecule has 0 aliphatic heterocycles. The van der Waals surface area contributed by atoms with E-state index in [0.29, 0.717) is 25.2 Å². The maximum absolute atomic E-state index is 12.5. The zero-order chi connectivity index (χ0) is 15.7. The van der Waals surface area contributed by atoms with E-state index >= 15 is 0 Å². The first kappa shape index (κ1) is 15.1. The first-order valence-corrected chi connectivity index (χ1v) is 8.18. The molecule has 2 aliphatic carbocycles. The van der Waals surface area contributed by atoms with E-state index in [1.165, 1.54) is 11.1 Å². The molecule has 0 aromatic heterocycles. The van der Waals surface area contributed by atoms with Crippen molar-refractivity contribution in [1.82, 2.24) is 5.32 Å². The molecule has 2 N–H and O–H groups in total. The van der Waals surface area contributed by atoms with Crippen LogP contribution in [-0.2, 0) is 9.59 Å². The number of benzene rings is 1. The topological polar surface area (TPSA) is 66.4 Å². The molecule has 0 saturated heterocycles. The van der Waals surface area contributed by atoms with Gasteiger partial charge in [0.05, 0.1) is 12.0 Å². The number of carbonyl (C=O) groups is 2. The molecule has 0 spiro atoms. The fraction of sp³-hybridized carbons (Fsp3) is 0.556. The molecular weight excluding hydrogens is 278 g/mol. The number of aliphatic carboxylic acids is 1. The average molecular weight is 301 g/mol. The second kappa shape index (κ2) is 6.11. The summed E-state index contributed by atoms with van der Waals surface area (Å²) in [5, 5.41) is 12.2. The van der Waals surface area contributed by atoms with E-state index < -0.39 is 5.97 Å². The summed E-state index contributed by atoms with van der Waals surface area (Å²) in [5.74, 6) is -0.709. The van der Waals surface area contributed by atoms with Crippen LogP contribution >= 0.6 is 0 Å². The van der Waals surface area contributed by atoms with Gasteiger partial charge in [-0.3, -0.25) is 9.59 Å². The van der Waals surface area contributed by atoms with Crippen molar-refractivity contribution >= 4 is 11.9 Å². The molecule has 2 unspecified atom stereocenters. The number of hydrogen-bond donors (Lipinski definition) is 2. The highest BCUT2D eigenvalue weighted by Crippen LogP contribution is 2.38. The summed E-state index contributed by atoms with van der Waals surface area (Å²) in [4.78, 5) is 23.5. The molecule has 22 heavy (non-hydrogen) atoms. The van der Waals surface area contributed by atoms with Gasteiger partial charge in [0.25, 0.3) is 0 Å². The summed E-state index contributed by atoms with van der Waals surface area (Å²) in [6.45, 7) is 2.23. The molecule has 1 aromatic carbocycles. The number of carboxylic acids is 1. The Hall–Kier alpha value is -1.84. The molecule has 1 amide bonds. The molecule has 4 heteroatoms. The lowest BCUT2D eigenvalue weighted by atomic mass is 9.81. The van der Waals surface area contributed by atoms with E-state index in [0.717, 1.165) is 12.8 Å². The maximum Gasteiger partial charge on any atom is 0.306 e. The Morgan fingerprint density at radius 3 is 2.41 bits per heavy atom. The van der Waals surface area contributed by atoms with Crippen LogP contribution in [0, 0.1) is 11.8 Å². The lowest BCUT2D eigenvalue weighted by Gasteiger charge is -2.31. The third kappa shape index (κ3) is 2.87. The van der Waals surface area contributed by atoms with Crippen molar-refractivity contribution in [2.24, 2.45) is 11.8 Å². The predicted molar refractivity (Wildman–Crippen MR) is 83.4 cm³/mol. The molecule has 0 heterocycles. The largest absolute Gasteiger partial charge is 0.481 e. The second-order valence-electron chi connectivity index (χ2n) is 6.71. The summed E-state index contributed by atoms with van der Waals surface area (Å²) in [6.07, 6.45) is 3.81. The van der Waals surface area contributed by atoms with Crippen LogP contribution in [0.1, 0.15) is 62.1 Å². The van der Waals surface area contributed by atoms with Crippen LogP contribution in [0.3, 0.4) is 0 Å². The van der Waals surface area contributed by atoms with Crippen molar-refractivity contribution in [3.63, 3.8) is 0 Å². The Morgan fingerprint density at radius 1 is 1.05 bits per heavy atom. The monoisotopic (exact) mass is 301 g/mol. The van der Waals surface area contributed by atoms with Gasteiger partial charge in [0.15, 0.2) is 0 Å². The van der Waals surface area contributed by atoms with Crippen molar-refractivity contribution in [2.45, 2.75) is 51.0 Å². The first-order chi connectivity index (χ1) is 10.6. The summed E-state index contributed by atoms with van der Waals surface area (Å²) >= 11 is 0. The zero-order valence-corrected chi connectivity index (χ0v) is 12.9. The van der Waals surface area contributed by atoms with Crippen LogP contribution in [0.4, 0.5) is 0 Å². The lowest BCUT2D eigenvalue weighted by Crippen LogP contribution is -2.35. The third-order valence-electron chi connectivity index (χ3n) is 5.26. The smallest absolute Gasteiger partial charge is 0.306 e. The third-order valence-corrected chi connectivity index (χ3v) is 5.26. The minimum absolute atomic E-state index is 0.0260. The molecule has 118 valence electrons. The zero-order valence-electron chi connectivity index (χ0n) is 12.9. The number of fused-ring (bicyclic) bond motifs is 1. The normalized spacial score (nSPS) is 30.6. The first-order valence-electron chi connectivity index (χ1n) is 8.18. The molecule has 1 fully saturated rings. The van der Waals surface area contributed by atoms with Crippen LogP contribution < -0.4 is 5.32 Å². The Kier molecular flexibility index (Phi) is 4.19. The van der Waals surface area contributed by atoms with E-state index in [4.69, 9.17) is 5.11 Å². The minimum Gasteiger partial charge on any atom is -0.481 e. The summed E-state index contributed by atoms with van der Waals surface area (Å²) in [6, 6.07) is 8.39. The van der Waals surface area contributed by atoms with Crippen molar-refractivity contribution in [1.29, 1.82) is 0 Å². The fourth-order valence-corrected chi connectivity index (χ4v) is 3.89. The number of hydrogen-bond acceptors (Lipinski definition) is 2. The molecule has 0 radical (unpaired) electrons. The molecule has 4 atom stereocenters. The molecule has 1 saturated carbocycles. The van der Waals surface area contributed by atoms with Gasteiger partial charge in [-0.25, -0.2) is 0 Å². The highest BCUT2D eigenvalue weighted by atomic mass is 16.4. The maximum atomic E-state index is 12.5. The van der Waals surface area contributed by atoms with Crippen molar-refractivity contribution in [3.8, 4) is 0 Å². The Labute approximate surface area is 130 Å². The fourth-order valence-electron chi connectivity index (χ4n) is 3.89. The van der Waals surface area contributed by atoms with Crippen LogP contribution in [-0.4, -0.2) is 17.0 Å². The lowest BCUT2D eigenvalue weighted by molar-refractivity contribution is -0.141. The Morgan fingerprint density at radius 2 is 1.73 bits per heavy atom. The van der Waals surface area contributed by atoms with E-state index in [1.807, 2.05) is 12.1 Å². The number of rotatable bonds is 3. The van der Waals surface area contributed by atoms with Gasteiger partial charge in [0, 0.05) is 5.92 Å². The van der Waals surface area contributed by atoms with Gasteiger partial charge >= 0.3 is 5.97 Å². The highest BCUT2D eigenvalue weighted by Gasteiger charge is 2.35. The standard InChI is InChI=1S/C18H23NO3/c1-11-6-9-16(15-5-3-2-4-14(11)15)19-17(20)12-7-8-13(10-12)18(21)22/h2-5,11-13,16H,6-10H2,1H3,(H,19,20)(H,21,22)/t11?,12-,13+,16?/m1/s1. The molecular formula is C18H23NO3. The van der Waals surface area contributed by atoms with E-state index in [2.05, 4.69) is 24.4 Å². The van der Waals surface area contributed by atoms with Gasteiger partial charge in [0.1, 0.15) is 0 Å². The van der Waals surface area contributed by atoms with Gasteiger partial charge in [-0.05, 0) is 49.1 Å². The molecule has 0 bridgehead atoms. The quantitative estimate of drug-likeness (QED) is 0.900. The van der Waals surface area contributed by atoms with E-state index in [9.17, 15) is 9.59 Å². The summed E-state index contributed by atoms with van der Waals surface area (Å²) < 4.78 is 0. The van der Waals surface area contributed by atoms with Crippen LogP contribution in [0.25, 0.3) is 0 Å². The van der Waals surface area contributed by atoms with Gasteiger partial charge in [-0.2, -0.15) is 0 Å². The predicted octanol–water partition coefficient (Wildman–Crippen LogP) is 3.24. The molecule has 1 aromatic rings. The van der Waals surface area contributed by atoms with Crippen LogP contribution in [0.5, 0.6) is 0 Å². The van der Waals surface area contributed by atoms with Crippen molar-refractivity contribution < 1.29 is 14.7 Å². The van der Waals surface area contributed by atoms with Gasteiger partial charge < -0.3 is 10.4 Å². The number of nitrogens with one attached hydrogen (secondary N) is 1. The molecule has 2 aliphatic rings. The molecule has 4 nitrogen and oxygen atoms in total. The Balaban J connectivity index is 1.68. The van der Waals surface area contributed by atoms with Crippen LogP contribution in [0.15, 0.2) is 24.3 Å². The minimum atomic E-state index is -0.771. The summed E-state index contributed by atoms with van der Waals surface area (Å²) in [7, 11) is 0. The number of amides is 1. The van der Waals surface area contributed by atoms with Gasteiger partial charge in [-0.15, -0.1) is 0 Å². The highest BCUT2D eigenvalue weighted by molar-refractivity contribution is 5.81. The van der Waals surface area contributed by atoms with Crippen molar-refractivity contribution in [2.75, 3.05) is 0 Å². The summed E-state index contributed by atoms with van der Waals surface area (Å²) in [5.41, 5.74) is 2.55. The Bertz CT molecular complexity index is 583. The van der Waals surface area contributed by atoms with E-state index in [1.54, 1.807) is 0 Å². The average Bonchev–Trinajstić information content (AvgIpc) is 3.01. The second-order valence-corrected chi connectivity index (χ2v) is 6.71. The van der Waals surface area contributed by atoms with E-state index in [-0.39, 0.29) is 23.8 Å².